The largest absolute Gasteiger partial charge is 0.311 e. The molecule has 0 spiro atoms. The molecule has 0 aliphatic carbocycles. The number of rotatable bonds is 11. The second-order valence-corrected chi connectivity index (χ2v) is 21.4. The smallest absolute Gasteiger partial charge is 0.179 e. The molecule has 12 rings (SSSR count). The molecule has 0 aliphatic heterocycles. The molecule has 1 heterocycles. The number of fused-ring (bicyclic) bond motifs is 3. The van der Waals surface area contributed by atoms with Gasteiger partial charge in [-0.2, -0.15) is 0 Å². The van der Waals surface area contributed by atoms with Gasteiger partial charge >= 0.3 is 0 Å². The van der Waals surface area contributed by atoms with Crippen molar-refractivity contribution in [1.82, 2.24) is 4.57 Å². The molecular weight excluding hydrogens is 849 g/mol. The molecule has 3 heteroatoms. The van der Waals surface area contributed by atoms with E-state index in [4.69, 9.17) is 0 Å². The summed E-state index contributed by atoms with van der Waals surface area (Å²) in [6.07, 6.45) is 0. The fourth-order valence-corrected chi connectivity index (χ4v) is 15.4. The Kier molecular flexibility index (Phi) is 11.0. The van der Waals surface area contributed by atoms with Gasteiger partial charge in [-0.3, -0.25) is 0 Å². The predicted octanol–water partition coefficient (Wildman–Crippen LogP) is 14.6. The van der Waals surface area contributed by atoms with E-state index in [1.54, 1.807) is 0 Å². The maximum absolute atomic E-state index is 2.72. The molecule has 0 bridgehead atoms. The molecule has 0 amide bonds. The lowest BCUT2D eigenvalue weighted by atomic mass is 9.94. The molecule has 2 nitrogen and oxygen atoms in total. The number of benzene rings is 11. The van der Waals surface area contributed by atoms with Crippen molar-refractivity contribution in [3.63, 3.8) is 0 Å². The molecule has 0 N–H and O–H groups in total. The molecule has 326 valence electrons. The monoisotopic (exact) mass is 896 g/mol. The lowest BCUT2D eigenvalue weighted by Crippen LogP contribution is -2.74. The predicted molar refractivity (Wildman–Crippen MR) is 295 cm³/mol. The Labute approximate surface area is 405 Å². The lowest BCUT2D eigenvalue weighted by molar-refractivity contribution is 1.18. The molecule has 11 aromatic carbocycles. The van der Waals surface area contributed by atoms with Crippen LogP contribution in [0.15, 0.2) is 291 Å². The molecule has 0 fully saturated rings. The van der Waals surface area contributed by atoms with Gasteiger partial charge in [-0.25, -0.2) is 0 Å². The van der Waals surface area contributed by atoms with E-state index in [1.807, 2.05) is 0 Å². The standard InChI is InChI=1S/C66H48N2Si/c1-6-21-49(22-7-1)60-31-16-17-32-61(60)50-37-41-53(42-38-50)67(55-45-47-59(48-46-55)69(56-25-10-3-11-26-56,57-27-12-4-13-28-57)58-29-14-5-15-30-58)54-43-39-51(40-44-54)62-34-20-36-65-66(62)63-33-18-19-35-64(63)68(65)52-23-8-2-9-24-52/h1-48H. The number of hydrogen-bond donors (Lipinski definition) is 0. The highest BCUT2D eigenvalue weighted by atomic mass is 28.3. The molecule has 0 saturated carbocycles. The van der Waals surface area contributed by atoms with Crippen LogP contribution in [0.4, 0.5) is 17.1 Å². The average Bonchev–Trinajstić information content (AvgIpc) is 3.78. The van der Waals surface area contributed by atoms with Crippen molar-refractivity contribution in [1.29, 1.82) is 0 Å². The number of aromatic nitrogens is 1. The van der Waals surface area contributed by atoms with E-state index < -0.39 is 8.07 Å². The van der Waals surface area contributed by atoms with Gasteiger partial charge in [-0.15, -0.1) is 0 Å². The molecule has 0 aliphatic rings. The quantitative estimate of drug-likeness (QED) is 0.0928. The van der Waals surface area contributed by atoms with Crippen LogP contribution in [0, 0.1) is 0 Å². The van der Waals surface area contributed by atoms with E-state index in [-0.39, 0.29) is 0 Å². The van der Waals surface area contributed by atoms with E-state index >= 15 is 0 Å². The summed E-state index contributed by atoms with van der Waals surface area (Å²) >= 11 is 0. The van der Waals surface area contributed by atoms with Crippen molar-refractivity contribution in [2.24, 2.45) is 0 Å². The van der Waals surface area contributed by atoms with Crippen molar-refractivity contribution in [3.05, 3.63) is 291 Å². The van der Waals surface area contributed by atoms with Crippen molar-refractivity contribution < 1.29 is 0 Å². The van der Waals surface area contributed by atoms with E-state index in [2.05, 4.69) is 301 Å². The van der Waals surface area contributed by atoms with Crippen LogP contribution in [0.5, 0.6) is 0 Å². The van der Waals surface area contributed by atoms with Gasteiger partial charge in [0.15, 0.2) is 8.07 Å². The summed E-state index contributed by atoms with van der Waals surface area (Å²) in [7, 11) is -2.72. The van der Waals surface area contributed by atoms with E-state index in [9.17, 15) is 0 Å². The molecule has 0 atom stereocenters. The molecule has 69 heavy (non-hydrogen) atoms. The van der Waals surface area contributed by atoms with Crippen molar-refractivity contribution in [2.75, 3.05) is 4.90 Å². The Bertz CT molecular complexity index is 3570. The van der Waals surface area contributed by atoms with Gasteiger partial charge in [-0.05, 0) is 115 Å². The topological polar surface area (TPSA) is 8.17 Å². The number of hydrogen-bond acceptors (Lipinski definition) is 1. The summed E-state index contributed by atoms with van der Waals surface area (Å²) in [5, 5.41) is 7.91. The maximum atomic E-state index is 2.40. The van der Waals surface area contributed by atoms with Crippen LogP contribution in [0.25, 0.3) is 60.9 Å². The SMILES string of the molecule is c1ccc(-c2ccccc2-c2ccc(N(c3ccc(-c4cccc5c4c4ccccc4n5-c4ccccc4)cc3)c3ccc([Si](c4ccccc4)(c4ccccc4)c4ccccc4)cc3)cc2)cc1. The van der Waals surface area contributed by atoms with Crippen molar-refractivity contribution in [2.45, 2.75) is 0 Å². The lowest BCUT2D eigenvalue weighted by Gasteiger charge is -2.35. The fraction of sp³-hybridized carbons (Fsp3) is 0. The molecule has 0 saturated heterocycles. The number of anilines is 3. The Hall–Kier alpha value is -8.76. The zero-order valence-corrected chi connectivity index (χ0v) is 39.1. The minimum Gasteiger partial charge on any atom is -0.311 e. The van der Waals surface area contributed by atoms with E-state index in [0.29, 0.717) is 0 Å². The van der Waals surface area contributed by atoms with Crippen LogP contribution in [-0.4, -0.2) is 12.6 Å². The average molecular weight is 897 g/mol. The second kappa shape index (κ2) is 18.1. The minimum absolute atomic E-state index is 1.08. The first kappa shape index (κ1) is 41.7. The molecule has 12 aromatic rings. The van der Waals surface area contributed by atoms with Gasteiger partial charge in [0.05, 0.1) is 11.0 Å². The zero-order chi connectivity index (χ0) is 46.0. The summed E-state index contributed by atoms with van der Waals surface area (Å²) in [5.41, 5.74) is 14.0. The molecular formula is C66H48N2Si. The number of para-hydroxylation sites is 2. The van der Waals surface area contributed by atoms with Gasteiger partial charge in [0.1, 0.15) is 0 Å². The van der Waals surface area contributed by atoms with Crippen LogP contribution in [0.1, 0.15) is 0 Å². The van der Waals surface area contributed by atoms with Gasteiger partial charge in [0.2, 0.25) is 0 Å². The minimum atomic E-state index is -2.72. The summed E-state index contributed by atoms with van der Waals surface area (Å²) < 4.78 is 2.39. The van der Waals surface area contributed by atoms with Crippen molar-refractivity contribution >= 4 is 67.7 Å². The van der Waals surface area contributed by atoms with Crippen LogP contribution in [0.3, 0.4) is 0 Å². The second-order valence-electron chi connectivity index (χ2n) is 17.6. The zero-order valence-electron chi connectivity index (χ0n) is 38.1. The third-order valence-electron chi connectivity index (χ3n) is 13.8. The molecule has 1 aromatic heterocycles. The van der Waals surface area contributed by atoms with Gasteiger partial charge in [0.25, 0.3) is 0 Å². The van der Waals surface area contributed by atoms with Gasteiger partial charge in [-0.1, -0.05) is 231 Å². The Morgan fingerprint density at radius 2 is 0.623 bits per heavy atom. The van der Waals surface area contributed by atoms with E-state index in [0.717, 1.165) is 22.7 Å². The Morgan fingerprint density at radius 3 is 1.14 bits per heavy atom. The van der Waals surface area contributed by atoms with Gasteiger partial charge in [0, 0.05) is 33.5 Å². The first-order valence-corrected chi connectivity index (χ1v) is 25.8. The molecule has 0 unspecified atom stereocenters. The first-order valence-electron chi connectivity index (χ1n) is 23.8. The Balaban J connectivity index is 0.998. The highest BCUT2D eigenvalue weighted by molar-refractivity contribution is 7.19. The Morgan fingerprint density at radius 1 is 0.261 bits per heavy atom. The van der Waals surface area contributed by atoms with Crippen LogP contribution in [0.2, 0.25) is 0 Å². The van der Waals surface area contributed by atoms with Crippen molar-refractivity contribution in [3.8, 4) is 39.1 Å². The third-order valence-corrected chi connectivity index (χ3v) is 18.6. The number of nitrogens with zero attached hydrogens (tertiary/aromatic N) is 2. The maximum Gasteiger partial charge on any atom is 0.179 e. The highest BCUT2D eigenvalue weighted by Crippen LogP contribution is 2.41. The summed E-state index contributed by atoms with van der Waals surface area (Å²) in [6.45, 7) is 0. The first-order chi connectivity index (χ1) is 34.3. The van der Waals surface area contributed by atoms with E-state index in [1.165, 1.54) is 75.9 Å². The van der Waals surface area contributed by atoms with Crippen LogP contribution >= 0.6 is 0 Å². The van der Waals surface area contributed by atoms with Crippen LogP contribution < -0.4 is 25.6 Å². The fourth-order valence-electron chi connectivity index (χ4n) is 10.7. The third kappa shape index (κ3) is 7.46. The van der Waals surface area contributed by atoms with Gasteiger partial charge < -0.3 is 9.47 Å². The highest BCUT2D eigenvalue weighted by Gasteiger charge is 2.41. The molecule has 0 radical (unpaired) electrons. The summed E-state index contributed by atoms with van der Waals surface area (Å²) in [5.74, 6) is 0. The normalized spacial score (nSPS) is 11.5. The van der Waals surface area contributed by atoms with Crippen LogP contribution in [-0.2, 0) is 0 Å². The summed E-state index contributed by atoms with van der Waals surface area (Å²) in [4.78, 5) is 2.40. The summed E-state index contributed by atoms with van der Waals surface area (Å²) in [6, 6.07) is 107.